The van der Waals surface area contributed by atoms with E-state index in [1.165, 1.54) is 4.90 Å². The van der Waals surface area contributed by atoms with Crippen LogP contribution in [0.3, 0.4) is 0 Å². The average molecular weight is 303 g/mol. The Labute approximate surface area is 125 Å². The predicted octanol–water partition coefficient (Wildman–Crippen LogP) is 1.67. The number of carbonyl (C=O) groups is 2. The minimum Gasteiger partial charge on any atom is -0.313 e. The second-order valence-electron chi connectivity index (χ2n) is 5.29. The SMILES string of the molecule is CN1C(=O)[C@@]2(CC(=O)Nc3[nH]ncc32)c2cccc(Cl)c21. The normalized spacial score (nSPS) is 23.2. The van der Waals surface area contributed by atoms with Gasteiger partial charge in [-0.2, -0.15) is 5.10 Å². The first-order valence-corrected chi connectivity index (χ1v) is 6.84. The molecule has 0 fully saturated rings. The highest BCUT2D eigenvalue weighted by Gasteiger charge is 2.56. The van der Waals surface area contributed by atoms with Crippen LogP contribution in [-0.4, -0.2) is 29.1 Å². The van der Waals surface area contributed by atoms with Crippen molar-refractivity contribution in [2.45, 2.75) is 11.8 Å². The third kappa shape index (κ3) is 1.35. The molecule has 0 aliphatic carbocycles. The van der Waals surface area contributed by atoms with Crippen LogP contribution in [0.2, 0.25) is 5.02 Å². The number of hydrogen-bond donors (Lipinski definition) is 2. The monoisotopic (exact) mass is 302 g/mol. The molecule has 1 aromatic carbocycles. The highest BCUT2D eigenvalue weighted by atomic mass is 35.5. The zero-order valence-corrected chi connectivity index (χ0v) is 11.9. The molecule has 1 aromatic heterocycles. The summed E-state index contributed by atoms with van der Waals surface area (Å²) in [7, 11) is 1.67. The number of likely N-dealkylation sites (N-methyl/N-ethyl adjacent to an activating group) is 1. The molecule has 2 aliphatic heterocycles. The first-order chi connectivity index (χ1) is 10.1. The molecule has 1 spiro atoms. The third-order valence-corrected chi connectivity index (χ3v) is 4.55. The Balaban J connectivity index is 2.09. The number of carbonyl (C=O) groups excluding carboxylic acids is 2. The maximum absolute atomic E-state index is 12.9. The number of amides is 2. The molecular formula is C14H11ClN4O2. The van der Waals surface area contributed by atoms with Gasteiger partial charge in [0.05, 0.1) is 16.9 Å². The Hall–Kier alpha value is -2.34. The van der Waals surface area contributed by atoms with Crippen molar-refractivity contribution in [3.63, 3.8) is 0 Å². The number of H-pyrrole nitrogens is 1. The molecule has 2 amide bonds. The highest BCUT2D eigenvalue weighted by Crippen LogP contribution is 2.52. The molecule has 106 valence electrons. The first-order valence-electron chi connectivity index (χ1n) is 6.46. The second kappa shape index (κ2) is 3.85. The minimum atomic E-state index is -1.04. The number of nitrogens with zero attached hydrogens (tertiary/aromatic N) is 2. The molecule has 1 atom stereocenters. The zero-order chi connectivity index (χ0) is 14.8. The Morgan fingerprint density at radius 2 is 2.14 bits per heavy atom. The van der Waals surface area contributed by atoms with Gasteiger partial charge < -0.3 is 10.2 Å². The second-order valence-corrected chi connectivity index (χ2v) is 5.70. The summed E-state index contributed by atoms with van der Waals surface area (Å²) in [6, 6.07) is 5.38. The van der Waals surface area contributed by atoms with Crippen LogP contribution in [0.4, 0.5) is 11.5 Å². The molecule has 2 N–H and O–H groups in total. The number of aromatic amines is 1. The molecule has 0 unspecified atom stereocenters. The van der Waals surface area contributed by atoms with Crippen molar-refractivity contribution in [3.05, 3.63) is 40.5 Å². The van der Waals surface area contributed by atoms with Gasteiger partial charge >= 0.3 is 0 Å². The van der Waals surface area contributed by atoms with Gasteiger partial charge in [-0.15, -0.1) is 0 Å². The van der Waals surface area contributed by atoms with E-state index in [2.05, 4.69) is 15.5 Å². The number of halogens is 1. The first kappa shape index (κ1) is 12.4. The average Bonchev–Trinajstić information content (AvgIpc) is 2.99. The van der Waals surface area contributed by atoms with Crippen molar-refractivity contribution < 1.29 is 9.59 Å². The van der Waals surface area contributed by atoms with Crippen molar-refractivity contribution in [1.82, 2.24) is 10.2 Å². The fourth-order valence-corrected chi connectivity index (χ4v) is 3.66. The maximum Gasteiger partial charge on any atom is 0.242 e. The van der Waals surface area contributed by atoms with E-state index in [9.17, 15) is 9.59 Å². The Kier molecular flexibility index (Phi) is 2.28. The van der Waals surface area contributed by atoms with E-state index >= 15 is 0 Å². The molecule has 7 heteroatoms. The van der Waals surface area contributed by atoms with Gasteiger partial charge in [-0.05, 0) is 11.6 Å². The van der Waals surface area contributed by atoms with E-state index < -0.39 is 5.41 Å². The Bertz CT molecular complexity index is 800. The van der Waals surface area contributed by atoms with E-state index in [-0.39, 0.29) is 18.2 Å². The van der Waals surface area contributed by atoms with E-state index in [4.69, 9.17) is 11.6 Å². The number of para-hydroxylation sites is 1. The van der Waals surface area contributed by atoms with Gasteiger partial charge in [-0.1, -0.05) is 23.7 Å². The van der Waals surface area contributed by atoms with Crippen LogP contribution >= 0.6 is 11.6 Å². The van der Waals surface area contributed by atoms with Crippen LogP contribution in [0.25, 0.3) is 0 Å². The van der Waals surface area contributed by atoms with Gasteiger partial charge in [-0.25, -0.2) is 0 Å². The lowest BCUT2D eigenvalue weighted by Crippen LogP contribution is -2.45. The van der Waals surface area contributed by atoms with Crippen LogP contribution in [0.1, 0.15) is 17.5 Å². The number of aromatic nitrogens is 2. The molecule has 6 nitrogen and oxygen atoms in total. The van der Waals surface area contributed by atoms with Crippen molar-refractivity contribution >= 4 is 34.9 Å². The quantitative estimate of drug-likeness (QED) is 0.777. The lowest BCUT2D eigenvalue weighted by Gasteiger charge is -2.31. The van der Waals surface area contributed by atoms with Crippen LogP contribution < -0.4 is 10.2 Å². The summed E-state index contributed by atoms with van der Waals surface area (Å²) in [4.78, 5) is 26.5. The van der Waals surface area contributed by atoms with Gasteiger partial charge in [0.1, 0.15) is 11.2 Å². The summed E-state index contributed by atoms with van der Waals surface area (Å²) in [5.41, 5.74) is 1.05. The molecular weight excluding hydrogens is 292 g/mol. The predicted molar refractivity (Wildman–Crippen MR) is 77.5 cm³/mol. The molecule has 21 heavy (non-hydrogen) atoms. The lowest BCUT2D eigenvalue weighted by molar-refractivity contribution is -0.126. The summed E-state index contributed by atoms with van der Waals surface area (Å²) in [6.45, 7) is 0. The number of anilines is 2. The number of nitrogens with one attached hydrogen (secondary N) is 2. The van der Waals surface area contributed by atoms with Gasteiger partial charge in [-0.3, -0.25) is 14.7 Å². The van der Waals surface area contributed by atoms with Gasteiger partial charge in [0, 0.05) is 19.0 Å². The maximum atomic E-state index is 12.9. The van der Waals surface area contributed by atoms with Gasteiger partial charge in [0.2, 0.25) is 11.8 Å². The van der Waals surface area contributed by atoms with Crippen LogP contribution in [0.15, 0.2) is 24.4 Å². The number of benzene rings is 1. The highest BCUT2D eigenvalue weighted by molar-refractivity contribution is 6.35. The zero-order valence-electron chi connectivity index (χ0n) is 11.1. The number of rotatable bonds is 0. The molecule has 0 saturated carbocycles. The van der Waals surface area contributed by atoms with Gasteiger partial charge in [0.15, 0.2) is 0 Å². The summed E-state index contributed by atoms with van der Waals surface area (Å²) in [5.74, 6) is 0.0882. The Morgan fingerprint density at radius 3 is 2.95 bits per heavy atom. The van der Waals surface area contributed by atoms with Gasteiger partial charge in [0.25, 0.3) is 0 Å². The molecule has 0 bridgehead atoms. The summed E-state index contributed by atoms with van der Waals surface area (Å²) >= 11 is 6.25. The minimum absolute atomic E-state index is 0.0516. The van der Waals surface area contributed by atoms with Crippen LogP contribution in [0, 0.1) is 0 Å². The van der Waals surface area contributed by atoms with E-state index in [0.717, 1.165) is 5.56 Å². The molecule has 2 aromatic rings. The van der Waals surface area contributed by atoms with Crippen molar-refractivity contribution in [3.8, 4) is 0 Å². The molecule has 0 saturated heterocycles. The standard InChI is InChI=1S/C14H11ClN4O2/c1-19-11-7(3-2-4-9(11)15)14(13(19)21)5-10(20)17-12-8(14)6-16-18-12/h2-4,6H,5H2,1H3,(H2,16,17,18,20)/t14-/m0/s1. The van der Waals surface area contributed by atoms with Crippen molar-refractivity contribution in [1.29, 1.82) is 0 Å². The topological polar surface area (TPSA) is 78.1 Å². The summed E-state index contributed by atoms with van der Waals surface area (Å²) in [6.07, 6.45) is 1.65. The fraction of sp³-hybridized carbons (Fsp3) is 0.214. The molecule has 2 aliphatic rings. The largest absolute Gasteiger partial charge is 0.313 e. The smallest absolute Gasteiger partial charge is 0.242 e. The van der Waals surface area contributed by atoms with E-state index in [0.29, 0.717) is 22.1 Å². The summed E-state index contributed by atoms with van der Waals surface area (Å²) < 4.78 is 0. The molecule has 4 rings (SSSR count). The molecule has 3 heterocycles. The van der Waals surface area contributed by atoms with Crippen molar-refractivity contribution in [2.24, 2.45) is 0 Å². The number of hydrogen-bond acceptors (Lipinski definition) is 3. The van der Waals surface area contributed by atoms with Crippen LogP contribution in [0.5, 0.6) is 0 Å². The molecule has 0 radical (unpaired) electrons. The Morgan fingerprint density at radius 1 is 1.33 bits per heavy atom. The fourth-order valence-electron chi connectivity index (χ4n) is 3.36. The van der Waals surface area contributed by atoms with Crippen LogP contribution in [-0.2, 0) is 15.0 Å². The van der Waals surface area contributed by atoms with E-state index in [1.807, 2.05) is 6.07 Å². The summed E-state index contributed by atoms with van der Waals surface area (Å²) in [5, 5.41) is 9.91. The third-order valence-electron chi connectivity index (χ3n) is 4.24. The lowest BCUT2D eigenvalue weighted by atomic mass is 9.72. The number of fused-ring (bicyclic) bond motifs is 4. The van der Waals surface area contributed by atoms with E-state index in [1.54, 1.807) is 25.4 Å². The van der Waals surface area contributed by atoms with Crippen molar-refractivity contribution in [2.75, 3.05) is 17.3 Å².